The molecule has 2 atom stereocenters. The molecule has 1 saturated heterocycles. The normalized spacial score (nSPS) is 28.2. The lowest BCUT2D eigenvalue weighted by atomic mass is 10.1. The van der Waals surface area contributed by atoms with E-state index in [2.05, 4.69) is 4.72 Å². The molecule has 0 aromatic rings. The number of hydrogen-bond donors (Lipinski definition) is 1. The number of methoxy groups -OCH3 is 1. The van der Waals surface area contributed by atoms with E-state index < -0.39 is 10.0 Å². The van der Waals surface area contributed by atoms with Gasteiger partial charge in [-0.1, -0.05) is 0 Å². The molecule has 0 aromatic carbocycles. The summed E-state index contributed by atoms with van der Waals surface area (Å²) in [7, 11) is -1.58. The van der Waals surface area contributed by atoms with E-state index in [9.17, 15) is 8.42 Å². The van der Waals surface area contributed by atoms with Crippen LogP contribution in [0.1, 0.15) is 25.7 Å². The van der Waals surface area contributed by atoms with Gasteiger partial charge in [-0.3, -0.25) is 0 Å². The SMILES string of the molecule is COCC(NS(=O)(=O)C1CC1)C1CCCO1. The summed E-state index contributed by atoms with van der Waals surface area (Å²) in [6.45, 7) is 1.09. The third-order valence-electron chi connectivity index (χ3n) is 3.04. The van der Waals surface area contributed by atoms with Crippen LogP contribution in [0.2, 0.25) is 0 Å². The highest BCUT2D eigenvalue weighted by molar-refractivity contribution is 7.90. The van der Waals surface area contributed by atoms with Gasteiger partial charge in [0.1, 0.15) is 0 Å². The first-order valence-electron chi connectivity index (χ1n) is 5.75. The largest absolute Gasteiger partial charge is 0.383 e. The van der Waals surface area contributed by atoms with Crippen molar-refractivity contribution in [2.45, 2.75) is 43.1 Å². The summed E-state index contributed by atoms with van der Waals surface area (Å²) in [4.78, 5) is 0. The minimum atomic E-state index is -3.16. The molecule has 5 nitrogen and oxygen atoms in total. The predicted molar refractivity (Wildman–Crippen MR) is 59.7 cm³/mol. The van der Waals surface area contributed by atoms with E-state index in [0.29, 0.717) is 6.61 Å². The standard InChI is InChI=1S/C10H19NO4S/c1-14-7-9(10-3-2-6-15-10)11-16(12,13)8-4-5-8/h8-11H,2-7H2,1H3. The molecule has 0 amide bonds. The molecule has 1 aliphatic carbocycles. The van der Waals surface area contributed by atoms with Crippen molar-refractivity contribution in [1.29, 1.82) is 0 Å². The van der Waals surface area contributed by atoms with Crippen molar-refractivity contribution in [3.05, 3.63) is 0 Å². The van der Waals surface area contributed by atoms with E-state index in [1.807, 2.05) is 0 Å². The van der Waals surface area contributed by atoms with Gasteiger partial charge in [-0.25, -0.2) is 13.1 Å². The smallest absolute Gasteiger partial charge is 0.214 e. The summed E-state index contributed by atoms with van der Waals surface area (Å²) in [5, 5.41) is -0.187. The summed E-state index contributed by atoms with van der Waals surface area (Å²) in [6.07, 6.45) is 3.42. The lowest BCUT2D eigenvalue weighted by Gasteiger charge is -2.23. The third-order valence-corrected chi connectivity index (χ3v) is 5.02. The van der Waals surface area contributed by atoms with Gasteiger partial charge in [0.05, 0.1) is 24.0 Å². The average Bonchev–Trinajstić information content (AvgIpc) is 2.95. The second kappa shape index (κ2) is 5.00. The van der Waals surface area contributed by atoms with Crippen molar-refractivity contribution in [3.8, 4) is 0 Å². The molecular formula is C10H19NO4S. The Hall–Kier alpha value is -0.170. The second-order valence-corrected chi connectivity index (χ2v) is 6.47. The Morgan fingerprint density at radius 2 is 2.19 bits per heavy atom. The van der Waals surface area contributed by atoms with Crippen LogP contribution < -0.4 is 4.72 Å². The first kappa shape index (κ1) is 12.3. The zero-order valence-electron chi connectivity index (χ0n) is 9.52. The molecule has 0 bridgehead atoms. The molecular weight excluding hydrogens is 230 g/mol. The lowest BCUT2D eigenvalue weighted by Crippen LogP contribution is -2.47. The van der Waals surface area contributed by atoms with Crippen LogP contribution in [0.3, 0.4) is 0 Å². The highest BCUT2D eigenvalue weighted by Crippen LogP contribution is 2.28. The summed E-state index contributed by atoms with van der Waals surface area (Å²) in [6, 6.07) is -0.238. The van der Waals surface area contributed by atoms with Crippen LogP contribution in [0.25, 0.3) is 0 Å². The van der Waals surface area contributed by atoms with Gasteiger partial charge in [-0.2, -0.15) is 0 Å². The minimum Gasteiger partial charge on any atom is -0.383 e. The van der Waals surface area contributed by atoms with Crippen molar-refractivity contribution in [1.82, 2.24) is 4.72 Å². The van der Waals surface area contributed by atoms with Gasteiger partial charge in [-0.05, 0) is 25.7 Å². The molecule has 16 heavy (non-hydrogen) atoms. The summed E-state index contributed by atoms with van der Waals surface area (Å²) in [5.41, 5.74) is 0. The van der Waals surface area contributed by atoms with Crippen LogP contribution in [0.4, 0.5) is 0 Å². The van der Waals surface area contributed by atoms with Crippen LogP contribution in [0.5, 0.6) is 0 Å². The van der Waals surface area contributed by atoms with Crippen molar-refractivity contribution < 1.29 is 17.9 Å². The molecule has 2 aliphatic rings. The number of nitrogens with one attached hydrogen (secondary N) is 1. The van der Waals surface area contributed by atoms with E-state index in [-0.39, 0.29) is 17.4 Å². The van der Waals surface area contributed by atoms with Crippen LogP contribution in [-0.4, -0.2) is 46.1 Å². The van der Waals surface area contributed by atoms with Gasteiger partial charge in [0, 0.05) is 13.7 Å². The molecule has 6 heteroatoms. The Bertz CT molecular complexity index is 320. The minimum absolute atomic E-state index is 0.0338. The predicted octanol–water partition coefficient (Wildman–Crippen LogP) is 0.262. The van der Waals surface area contributed by atoms with Crippen molar-refractivity contribution >= 4 is 10.0 Å². The van der Waals surface area contributed by atoms with Crippen LogP contribution in [0.15, 0.2) is 0 Å². The fraction of sp³-hybridized carbons (Fsp3) is 1.00. The molecule has 1 saturated carbocycles. The molecule has 0 aromatic heterocycles. The van der Waals surface area contributed by atoms with Crippen molar-refractivity contribution in [2.24, 2.45) is 0 Å². The zero-order valence-corrected chi connectivity index (χ0v) is 10.3. The fourth-order valence-electron chi connectivity index (χ4n) is 2.00. The Labute approximate surface area is 96.5 Å². The summed E-state index contributed by atoms with van der Waals surface area (Å²) >= 11 is 0. The Kier molecular flexibility index (Phi) is 3.84. The van der Waals surface area contributed by atoms with Gasteiger partial charge < -0.3 is 9.47 Å². The Morgan fingerprint density at radius 1 is 1.44 bits per heavy atom. The molecule has 0 spiro atoms. The second-order valence-electron chi connectivity index (χ2n) is 4.48. The molecule has 1 N–H and O–H groups in total. The summed E-state index contributed by atoms with van der Waals surface area (Å²) < 4.78 is 36.9. The Balaban J connectivity index is 1.95. The van der Waals surface area contributed by atoms with Crippen LogP contribution in [-0.2, 0) is 19.5 Å². The molecule has 2 unspecified atom stereocenters. The van der Waals surface area contributed by atoms with Gasteiger partial charge in [-0.15, -0.1) is 0 Å². The van der Waals surface area contributed by atoms with E-state index in [1.54, 1.807) is 7.11 Å². The van der Waals surface area contributed by atoms with E-state index in [4.69, 9.17) is 9.47 Å². The highest BCUT2D eigenvalue weighted by Gasteiger charge is 2.39. The van der Waals surface area contributed by atoms with Gasteiger partial charge in [0.2, 0.25) is 10.0 Å². The van der Waals surface area contributed by atoms with Crippen LogP contribution in [0, 0.1) is 0 Å². The quantitative estimate of drug-likeness (QED) is 0.733. The van der Waals surface area contributed by atoms with Gasteiger partial charge in [0.15, 0.2) is 0 Å². The maximum atomic E-state index is 11.8. The molecule has 1 aliphatic heterocycles. The Morgan fingerprint density at radius 3 is 2.69 bits per heavy atom. The maximum Gasteiger partial charge on any atom is 0.214 e. The van der Waals surface area contributed by atoms with E-state index >= 15 is 0 Å². The third kappa shape index (κ3) is 2.94. The van der Waals surface area contributed by atoms with Gasteiger partial charge >= 0.3 is 0 Å². The maximum absolute atomic E-state index is 11.8. The monoisotopic (exact) mass is 249 g/mol. The van der Waals surface area contributed by atoms with Crippen molar-refractivity contribution in [2.75, 3.05) is 20.3 Å². The first-order valence-corrected chi connectivity index (χ1v) is 7.30. The lowest BCUT2D eigenvalue weighted by molar-refractivity contribution is 0.0515. The number of hydrogen-bond acceptors (Lipinski definition) is 4. The first-order chi connectivity index (χ1) is 7.63. The summed E-state index contributed by atoms with van der Waals surface area (Å²) in [5.74, 6) is 0. The molecule has 2 rings (SSSR count). The van der Waals surface area contributed by atoms with Crippen LogP contribution >= 0.6 is 0 Å². The van der Waals surface area contributed by atoms with Gasteiger partial charge in [0.25, 0.3) is 0 Å². The molecule has 1 heterocycles. The van der Waals surface area contributed by atoms with E-state index in [1.165, 1.54) is 0 Å². The fourth-order valence-corrected chi connectivity index (χ4v) is 3.59. The molecule has 2 fully saturated rings. The molecule has 94 valence electrons. The average molecular weight is 249 g/mol. The number of rotatable bonds is 6. The zero-order chi connectivity index (χ0) is 11.6. The highest BCUT2D eigenvalue weighted by atomic mass is 32.2. The van der Waals surface area contributed by atoms with E-state index in [0.717, 1.165) is 32.3 Å². The topological polar surface area (TPSA) is 64.6 Å². The molecule has 0 radical (unpaired) electrons. The number of ether oxygens (including phenoxy) is 2. The number of sulfonamides is 1. The van der Waals surface area contributed by atoms with Crippen molar-refractivity contribution in [3.63, 3.8) is 0 Å².